The molecular formula is C18H19FN2O3S. The van der Waals surface area contributed by atoms with Crippen molar-refractivity contribution in [2.24, 2.45) is 0 Å². The number of nitrogens with one attached hydrogen (secondary N) is 1. The summed E-state index contributed by atoms with van der Waals surface area (Å²) >= 11 is 0. The van der Waals surface area contributed by atoms with Crippen molar-refractivity contribution >= 4 is 27.3 Å². The van der Waals surface area contributed by atoms with E-state index in [0.29, 0.717) is 29.9 Å². The molecular weight excluding hydrogens is 343 g/mol. The molecule has 0 aromatic heterocycles. The van der Waals surface area contributed by atoms with Gasteiger partial charge in [0.05, 0.1) is 17.9 Å². The molecule has 1 saturated heterocycles. The van der Waals surface area contributed by atoms with Crippen LogP contribution < -0.4 is 9.62 Å². The van der Waals surface area contributed by atoms with Gasteiger partial charge in [-0.25, -0.2) is 12.8 Å². The Hall–Kier alpha value is -2.41. The first kappa shape index (κ1) is 17.4. The number of benzene rings is 2. The molecule has 2 aromatic rings. The maximum atomic E-state index is 12.9. The van der Waals surface area contributed by atoms with Gasteiger partial charge in [-0.05, 0) is 48.7 Å². The lowest BCUT2D eigenvalue weighted by atomic mass is 10.1. The van der Waals surface area contributed by atoms with Crippen LogP contribution in [-0.2, 0) is 21.2 Å². The molecule has 0 radical (unpaired) electrons. The molecule has 2 aromatic carbocycles. The Labute approximate surface area is 146 Å². The molecule has 0 saturated carbocycles. The van der Waals surface area contributed by atoms with Gasteiger partial charge in [-0.3, -0.25) is 9.10 Å². The zero-order valence-electron chi connectivity index (χ0n) is 13.8. The molecule has 1 N–H and O–H groups in total. The Balaban J connectivity index is 1.76. The number of carbonyl (C=O) groups is 1. The van der Waals surface area contributed by atoms with Crippen molar-refractivity contribution in [3.8, 4) is 0 Å². The topological polar surface area (TPSA) is 66.5 Å². The van der Waals surface area contributed by atoms with E-state index in [1.54, 1.807) is 30.3 Å². The average molecular weight is 362 g/mol. The second kappa shape index (κ2) is 6.84. The first-order chi connectivity index (χ1) is 11.8. The van der Waals surface area contributed by atoms with Crippen LogP contribution in [0, 0.1) is 12.7 Å². The van der Waals surface area contributed by atoms with Gasteiger partial charge in [0.15, 0.2) is 0 Å². The highest BCUT2D eigenvalue weighted by Crippen LogP contribution is 2.30. The minimum Gasteiger partial charge on any atom is -0.326 e. The van der Waals surface area contributed by atoms with Crippen molar-refractivity contribution in [1.82, 2.24) is 0 Å². The van der Waals surface area contributed by atoms with Crippen LogP contribution in [0.25, 0.3) is 0 Å². The van der Waals surface area contributed by atoms with Crippen LogP contribution in [0.1, 0.15) is 17.5 Å². The van der Waals surface area contributed by atoms with Gasteiger partial charge in [-0.1, -0.05) is 18.2 Å². The second-order valence-corrected chi connectivity index (χ2v) is 8.11. The van der Waals surface area contributed by atoms with Crippen molar-refractivity contribution in [2.75, 3.05) is 21.9 Å². The molecule has 7 heteroatoms. The van der Waals surface area contributed by atoms with Gasteiger partial charge < -0.3 is 5.32 Å². The lowest BCUT2D eigenvalue weighted by Gasteiger charge is -2.20. The van der Waals surface area contributed by atoms with Crippen molar-refractivity contribution in [2.45, 2.75) is 19.8 Å². The minimum atomic E-state index is -3.28. The fraction of sp³-hybridized carbons (Fsp3) is 0.278. The van der Waals surface area contributed by atoms with E-state index in [1.807, 2.05) is 6.92 Å². The molecule has 0 atom stereocenters. The third-order valence-corrected chi connectivity index (χ3v) is 5.99. The lowest BCUT2D eigenvalue weighted by molar-refractivity contribution is -0.115. The summed E-state index contributed by atoms with van der Waals surface area (Å²) in [5.41, 5.74) is 2.67. The molecule has 3 rings (SSSR count). The molecule has 0 aliphatic carbocycles. The zero-order valence-corrected chi connectivity index (χ0v) is 14.6. The van der Waals surface area contributed by atoms with Crippen LogP contribution in [0.2, 0.25) is 0 Å². The highest BCUT2D eigenvalue weighted by molar-refractivity contribution is 7.93. The van der Waals surface area contributed by atoms with E-state index < -0.39 is 10.0 Å². The van der Waals surface area contributed by atoms with Crippen LogP contribution in [-0.4, -0.2) is 26.6 Å². The zero-order chi connectivity index (χ0) is 18.0. The van der Waals surface area contributed by atoms with Gasteiger partial charge in [-0.15, -0.1) is 0 Å². The number of rotatable bonds is 4. The maximum Gasteiger partial charge on any atom is 0.235 e. The summed E-state index contributed by atoms with van der Waals surface area (Å²) in [5.74, 6) is -0.446. The first-order valence-electron chi connectivity index (χ1n) is 8.00. The molecule has 1 aliphatic heterocycles. The van der Waals surface area contributed by atoms with Crippen LogP contribution in [0.15, 0.2) is 42.5 Å². The van der Waals surface area contributed by atoms with Gasteiger partial charge in [0.2, 0.25) is 15.9 Å². The summed E-state index contributed by atoms with van der Waals surface area (Å²) in [5, 5.41) is 2.77. The predicted octanol–water partition coefficient (Wildman–Crippen LogP) is 2.86. The molecule has 5 nitrogen and oxygen atoms in total. The smallest absolute Gasteiger partial charge is 0.235 e. The highest BCUT2D eigenvalue weighted by atomic mass is 32.2. The van der Waals surface area contributed by atoms with Gasteiger partial charge >= 0.3 is 0 Å². The van der Waals surface area contributed by atoms with Crippen molar-refractivity contribution < 1.29 is 17.6 Å². The van der Waals surface area contributed by atoms with Gasteiger partial charge in [-0.2, -0.15) is 0 Å². The van der Waals surface area contributed by atoms with E-state index in [4.69, 9.17) is 0 Å². The third kappa shape index (κ3) is 3.99. The number of sulfonamides is 1. The molecule has 0 spiro atoms. The largest absolute Gasteiger partial charge is 0.326 e. The fourth-order valence-electron chi connectivity index (χ4n) is 2.86. The molecule has 1 fully saturated rings. The highest BCUT2D eigenvalue weighted by Gasteiger charge is 2.29. The Morgan fingerprint density at radius 3 is 2.56 bits per heavy atom. The number of hydrogen-bond donors (Lipinski definition) is 1. The monoisotopic (exact) mass is 362 g/mol. The molecule has 1 amide bonds. The summed E-state index contributed by atoms with van der Waals surface area (Å²) in [7, 11) is -3.28. The predicted molar refractivity (Wildman–Crippen MR) is 95.7 cm³/mol. The standard InChI is InChI=1S/C18H19FN2O3S/c1-13-3-8-16(12-17(13)21-9-2-10-25(21,23)24)20-18(22)11-14-4-6-15(19)7-5-14/h3-8,12H,2,9-11H2,1H3,(H,20,22). The minimum absolute atomic E-state index is 0.117. The molecule has 0 bridgehead atoms. The third-order valence-electron chi connectivity index (χ3n) is 4.14. The summed E-state index contributed by atoms with van der Waals surface area (Å²) < 4.78 is 38.6. The molecule has 25 heavy (non-hydrogen) atoms. The number of halogens is 1. The number of anilines is 2. The van der Waals surface area contributed by atoms with Gasteiger partial charge in [0.25, 0.3) is 0 Å². The fourth-order valence-corrected chi connectivity index (χ4v) is 4.48. The van der Waals surface area contributed by atoms with Gasteiger partial charge in [0.1, 0.15) is 5.82 Å². The molecule has 0 unspecified atom stereocenters. The van der Waals surface area contributed by atoms with Crippen LogP contribution >= 0.6 is 0 Å². The lowest BCUT2D eigenvalue weighted by Crippen LogP contribution is -2.26. The number of carbonyl (C=O) groups excluding carboxylic acids is 1. The number of amides is 1. The number of hydrogen-bond acceptors (Lipinski definition) is 3. The van der Waals surface area contributed by atoms with Crippen LogP contribution in [0.5, 0.6) is 0 Å². The van der Waals surface area contributed by atoms with E-state index in [1.165, 1.54) is 16.4 Å². The Bertz CT molecular complexity index is 895. The maximum absolute atomic E-state index is 12.9. The van der Waals surface area contributed by atoms with Crippen LogP contribution in [0.3, 0.4) is 0 Å². The average Bonchev–Trinajstić information content (AvgIpc) is 2.90. The van der Waals surface area contributed by atoms with E-state index in [2.05, 4.69) is 5.32 Å². The van der Waals surface area contributed by atoms with E-state index in [9.17, 15) is 17.6 Å². The Kier molecular flexibility index (Phi) is 4.76. The summed E-state index contributed by atoms with van der Waals surface area (Å²) in [4.78, 5) is 12.2. The van der Waals surface area contributed by atoms with Gasteiger partial charge in [0, 0.05) is 12.2 Å². The Morgan fingerprint density at radius 2 is 1.92 bits per heavy atom. The molecule has 132 valence electrons. The first-order valence-corrected chi connectivity index (χ1v) is 9.61. The normalized spacial score (nSPS) is 16.0. The number of nitrogens with zero attached hydrogens (tertiary/aromatic N) is 1. The van der Waals surface area contributed by atoms with Crippen LogP contribution in [0.4, 0.5) is 15.8 Å². The molecule has 1 aliphatic rings. The SMILES string of the molecule is Cc1ccc(NC(=O)Cc2ccc(F)cc2)cc1N1CCCS1(=O)=O. The summed E-state index contributed by atoms with van der Waals surface area (Å²) in [6.45, 7) is 2.30. The van der Waals surface area contributed by atoms with E-state index in [0.717, 1.165) is 5.56 Å². The molecule has 1 heterocycles. The number of aryl methyl sites for hydroxylation is 1. The van der Waals surface area contributed by atoms with Crippen molar-refractivity contribution in [3.63, 3.8) is 0 Å². The van der Waals surface area contributed by atoms with E-state index in [-0.39, 0.29) is 23.9 Å². The second-order valence-electron chi connectivity index (χ2n) is 6.09. The van der Waals surface area contributed by atoms with E-state index >= 15 is 0 Å². The van der Waals surface area contributed by atoms with Crippen molar-refractivity contribution in [1.29, 1.82) is 0 Å². The summed E-state index contributed by atoms with van der Waals surface area (Å²) in [6, 6.07) is 11.0. The quantitative estimate of drug-likeness (QED) is 0.909. The Morgan fingerprint density at radius 1 is 1.20 bits per heavy atom. The summed E-state index contributed by atoms with van der Waals surface area (Å²) in [6.07, 6.45) is 0.717. The van der Waals surface area contributed by atoms with Crippen molar-refractivity contribution in [3.05, 3.63) is 59.4 Å².